The summed E-state index contributed by atoms with van der Waals surface area (Å²) in [4.78, 5) is 16.0. The number of amides is 1. The normalized spacial score (nSPS) is 13.4. The Bertz CT molecular complexity index is 438. The van der Waals surface area contributed by atoms with E-state index in [2.05, 4.69) is 4.99 Å². The number of nitrogens with two attached hydrogens (primary N) is 1. The second kappa shape index (κ2) is 3.67. The van der Waals surface area contributed by atoms with Gasteiger partial charge in [-0.2, -0.15) is 0 Å². The molecular formula is C10H8N2OS. The number of hydrogen-bond acceptors (Lipinski definition) is 3. The van der Waals surface area contributed by atoms with Crippen molar-refractivity contribution in [1.82, 2.24) is 0 Å². The Balaban J connectivity index is 2.49. The highest BCUT2D eigenvalue weighted by Gasteiger charge is 2.06. The fourth-order valence-electron chi connectivity index (χ4n) is 1.16. The number of aliphatic imine (C=N–C) groups is 1. The van der Waals surface area contributed by atoms with Gasteiger partial charge in [0.1, 0.15) is 0 Å². The molecule has 0 bridgehead atoms. The van der Waals surface area contributed by atoms with Gasteiger partial charge in [-0.25, -0.2) is 0 Å². The second-order valence-electron chi connectivity index (χ2n) is 2.80. The average molecular weight is 204 g/mol. The van der Waals surface area contributed by atoms with Crippen LogP contribution in [0, 0.1) is 0 Å². The molecule has 0 fully saturated rings. The van der Waals surface area contributed by atoms with Gasteiger partial charge < -0.3 is 5.73 Å². The third-order valence-electron chi connectivity index (χ3n) is 1.85. The van der Waals surface area contributed by atoms with Crippen molar-refractivity contribution in [2.45, 2.75) is 4.90 Å². The van der Waals surface area contributed by atoms with Crippen molar-refractivity contribution in [1.29, 1.82) is 0 Å². The lowest BCUT2D eigenvalue weighted by Crippen LogP contribution is -2.11. The maximum Gasteiger partial charge on any atom is 0.248 e. The maximum absolute atomic E-state index is 10.9. The molecule has 2 N–H and O–H groups in total. The molecule has 3 nitrogen and oxygen atoms in total. The molecule has 1 aromatic carbocycles. The van der Waals surface area contributed by atoms with E-state index in [-0.39, 0.29) is 0 Å². The van der Waals surface area contributed by atoms with Gasteiger partial charge in [0.05, 0.1) is 0 Å². The van der Waals surface area contributed by atoms with Crippen molar-refractivity contribution >= 4 is 23.9 Å². The molecule has 0 saturated carbocycles. The Morgan fingerprint density at radius 1 is 1.43 bits per heavy atom. The predicted molar refractivity (Wildman–Crippen MR) is 57.6 cm³/mol. The number of benzene rings is 1. The van der Waals surface area contributed by atoms with Crippen molar-refractivity contribution in [2.75, 3.05) is 0 Å². The molecule has 1 aliphatic heterocycles. The Kier molecular flexibility index (Phi) is 2.37. The summed E-state index contributed by atoms with van der Waals surface area (Å²) in [6.45, 7) is 0. The summed E-state index contributed by atoms with van der Waals surface area (Å²) in [5.74, 6) is -0.404. The molecule has 1 heterocycles. The molecule has 1 aromatic rings. The van der Waals surface area contributed by atoms with Crippen LogP contribution >= 0.6 is 11.8 Å². The van der Waals surface area contributed by atoms with Crippen LogP contribution in [0.3, 0.4) is 0 Å². The van der Waals surface area contributed by atoms with Gasteiger partial charge >= 0.3 is 0 Å². The van der Waals surface area contributed by atoms with Crippen molar-refractivity contribution in [3.8, 4) is 0 Å². The molecule has 2 rings (SSSR count). The summed E-state index contributed by atoms with van der Waals surface area (Å²) in [6, 6.07) is 5.34. The topological polar surface area (TPSA) is 55.5 Å². The Labute approximate surface area is 85.7 Å². The number of nitrogens with zero attached hydrogens (tertiary/aromatic N) is 1. The summed E-state index contributed by atoms with van der Waals surface area (Å²) in [5, 5.41) is 1.87. The molecular weight excluding hydrogens is 196 g/mol. The van der Waals surface area contributed by atoms with E-state index in [1.165, 1.54) is 11.8 Å². The molecule has 1 aliphatic rings. The number of carbonyl (C=O) groups excluding carboxylic acids is 1. The monoisotopic (exact) mass is 204 g/mol. The zero-order chi connectivity index (χ0) is 9.97. The molecule has 4 heteroatoms. The van der Waals surface area contributed by atoms with E-state index in [9.17, 15) is 4.79 Å². The van der Waals surface area contributed by atoms with Crippen LogP contribution in [0.25, 0.3) is 0 Å². The average Bonchev–Trinajstić information content (AvgIpc) is 2.41. The third kappa shape index (κ3) is 1.70. The molecule has 0 saturated heterocycles. The van der Waals surface area contributed by atoms with E-state index in [0.717, 1.165) is 10.5 Å². The number of rotatable bonds is 1. The Morgan fingerprint density at radius 3 is 3.07 bits per heavy atom. The van der Waals surface area contributed by atoms with Crippen LogP contribution in [-0.4, -0.2) is 12.1 Å². The zero-order valence-electron chi connectivity index (χ0n) is 7.31. The lowest BCUT2D eigenvalue weighted by atomic mass is 10.1. The maximum atomic E-state index is 10.9. The summed E-state index contributed by atoms with van der Waals surface area (Å²) >= 11 is 1.53. The predicted octanol–water partition coefficient (Wildman–Crippen LogP) is 1.78. The van der Waals surface area contributed by atoms with Crippen molar-refractivity contribution in [3.63, 3.8) is 0 Å². The first kappa shape index (κ1) is 9.02. The SMILES string of the molecule is NC(=O)c1ccc2c(c1)SC=CN=C2. The van der Waals surface area contributed by atoms with E-state index >= 15 is 0 Å². The number of fused-ring (bicyclic) bond motifs is 1. The third-order valence-corrected chi connectivity index (χ3v) is 2.72. The fourth-order valence-corrected chi connectivity index (χ4v) is 1.89. The Hall–Kier alpha value is -1.55. The van der Waals surface area contributed by atoms with Gasteiger partial charge in [-0.05, 0) is 17.5 Å². The van der Waals surface area contributed by atoms with Crippen LogP contribution in [0.15, 0.2) is 39.7 Å². The molecule has 0 aromatic heterocycles. The van der Waals surface area contributed by atoms with Gasteiger partial charge in [-0.15, -0.1) is 0 Å². The molecule has 14 heavy (non-hydrogen) atoms. The quantitative estimate of drug-likeness (QED) is 0.758. The highest BCUT2D eigenvalue weighted by molar-refractivity contribution is 8.02. The van der Waals surface area contributed by atoms with Crippen molar-refractivity contribution in [2.24, 2.45) is 10.7 Å². The van der Waals surface area contributed by atoms with Crippen LogP contribution in [0.5, 0.6) is 0 Å². The van der Waals surface area contributed by atoms with E-state index in [0.29, 0.717) is 5.56 Å². The van der Waals surface area contributed by atoms with Gasteiger partial charge in [-0.1, -0.05) is 17.8 Å². The van der Waals surface area contributed by atoms with Gasteiger partial charge in [0, 0.05) is 28.4 Å². The summed E-state index contributed by atoms with van der Waals surface area (Å²) in [5.41, 5.74) is 6.72. The van der Waals surface area contributed by atoms with E-state index in [1.54, 1.807) is 24.5 Å². The molecule has 70 valence electrons. The van der Waals surface area contributed by atoms with Crippen LogP contribution < -0.4 is 5.73 Å². The number of thioether (sulfide) groups is 1. The highest BCUT2D eigenvalue weighted by atomic mass is 32.2. The van der Waals surface area contributed by atoms with Gasteiger partial charge in [-0.3, -0.25) is 9.79 Å². The number of primary amides is 1. The number of carbonyl (C=O) groups is 1. The molecule has 0 atom stereocenters. The van der Waals surface area contributed by atoms with Gasteiger partial charge in [0.15, 0.2) is 0 Å². The van der Waals surface area contributed by atoms with Crippen molar-refractivity contribution < 1.29 is 4.79 Å². The minimum absolute atomic E-state index is 0.404. The minimum Gasteiger partial charge on any atom is -0.366 e. The van der Waals surface area contributed by atoms with Crippen LogP contribution in [-0.2, 0) is 0 Å². The fraction of sp³-hybridized carbons (Fsp3) is 0. The van der Waals surface area contributed by atoms with E-state index < -0.39 is 5.91 Å². The lowest BCUT2D eigenvalue weighted by Gasteiger charge is -2.02. The Morgan fingerprint density at radius 2 is 2.29 bits per heavy atom. The molecule has 0 aliphatic carbocycles. The first-order chi connectivity index (χ1) is 6.77. The number of hydrogen-bond donors (Lipinski definition) is 1. The molecule has 1 amide bonds. The smallest absolute Gasteiger partial charge is 0.248 e. The minimum atomic E-state index is -0.404. The first-order valence-electron chi connectivity index (χ1n) is 4.06. The standard InChI is InChI=1S/C10H8N2OS/c11-10(13)7-1-2-8-6-12-3-4-14-9(8)5-7/h1-6H,(H2,11,13). The largest absolute Gasteiger partial charge is 0.366 e. The summed E-state index contributed by atoms with van der Waals surface area (Å²) in [6.07, 6.45) is 3.48. The second-order valence-corrected chi connectivity index (χ2v) is 3.75. The van der Waals surface area contributed by atoms with Crippen LogP contribution in [0.4, 0.5) is 0 Å². The highest BCUT2D eigenvalue weighted by Crippen LogP contribution is 2.25. The van der Waals surface area contributed by atoms with E-state index in [4.69, 9.17) is 5.73 Å². The summed E-state index contributed by atoms with van der Waals surface area (Å²) in [7, 11) is 0. The molecule has 0 radical (unpaired) electrons. The first-order valence-corrected chi connectivity index (χ1v) is 4.94. The van der Waals surface area contributed by atoms with Crippen molar-refractivity contribution in [3.05, 3.63) is 40.9 Å². The molecule has 0 unspecified atom stereocenters. The van der Waals surface area contributed by atoms with Gasteiger partial charge in [0.2, 0.25) is 5.91 Å². The van der Waals surface area contributed by atoms with Gasteiger partial charge in [0.25, 0.3) is 0 Å². The van der Waals surface area contributed by atoms with E-state index in [1.807, 2.05) is 11.5 Å². The van der Waals surface area contributed by atoms with Crippen LogP contribution in [0.2, 0.25) is 0 Å². The summed E-state index contributed by atoms with van der Waals surface area (Å²) < 4.78 is 0. The zero-order valence-corrected chi connectivity index (χ0v) is 8.12. The molecule has 0 spiro atoms. The van der Waals surface area contributed by atoms with Crippen LogP contribution in [0.1, 0.15) is 15.9 Å². The lowest BCUT2D eigenvalue weighted by molar-refractivity contribution is 0.1000.